The maximum Gasteiger partial charge on any atom is 0.115 e. The summed E-state index contributed by atoms with van der Waals surface area (Å²) in [7, 11) is 0. The van der Waals surface area contributed by atoms with Crippen molar-refractivity contribution in [1.82, 2.24) is 9.97 Å². The van der Waals surface area contributed by atoms with Crippen LogP contribution >= 0.6 is 11.8 Å². The lowest BCUT2D eigenvalue weighted by atomic mass is 9.67. The molecule has 1 saturated carbocycles. The summed E-state index contributed by atoms with van der Waals surface area (Å²) in [6, 6.07) is 2.50. The van der Waals surface area contributed by atoms with Crippen LogP contribution in [0.4, 0.5) is 0 Å². The molecule has 108 valence electrons. The summed E-state index contributed by atoms with van der Waals surface area (Å²) in [5.41, 5.74) is 0.363. The summed E-state index contributed by atoms with van der Waals surface area (Å²) in [5, 5.41) is 10.7. The van der Waals surface area contributed by atoms with E-state index in [4.69, 9.17) is 0 Å². The minimum Gasteiger partial charge on any atom is -0.260 e. The van der Waals surface area contributed by atoms with E-state index in [0.717, 1.165) is 17.9 Å². The van der Waals surface area contributed by atoms with E-state index in [1.54, 1.807) is 30.4 Å². The SMILES string of the molecule is CCC(C)(C)C1CCC(C#N)C(Sc2cnccn2)C1. The van der Waals surface area contributed by atoms with Crippen LogP contribution in [0.25, 0.3) is 0 Å². The molecule has 0 bridgehead atoms. The molecule has 3 unspecified atom stereocenters. The molecule has 3 atom stereocenters. The van der Waals surface area contributed by atoms with Crippen LogP contribution in [0, 0.1) is 28.6 Å². The first-order valence-electron chi connectivity index (χ1n) is 7.39. The first kappa shape index (κ1) is 15.3. The third kappa shape index (κ3) is 3.52. The Kier molecular flexibility index (Phi) is 5.04. The highest BCUT2D eigenvalue weighted by Crippen LogP contribution is 2.46. The van der Waals surface area contributed by atoms with Crippen LogP contribution in [0.2, 0.25) is 0 Å². The fourth-order valence-corrected chi connectivity index (χ4v) is 4.15. The highest BCUT2D eigenvalue weighted by molar-refractivity contribution is 7.99. The van der Waals surface area contributed by atoms with Crippen LogP contribution < -0.4 is 0 Å². The highest BCUT2D eigenvalue weighted by atomic mass is 32.2. The maximum atomic E-state index is 9.39. The molecule has 0 saturated heterocycles. The summed E-state index contributed by atoms with van der Waals surface area (Å²) >= 11 is 1.73. The molecule has 20 heavy (non-hydrogen) atoms. The van der Waals surface area contributed by atoms with Gasteiger partial charge in [0.25, 0.3) is 0 Å². The van der Waals surface area contributed by atoms with Gasteiger partial charge in [0.2, 0.25) is 0 Å². The number of rotatable bonds is 4. The Morgan fingerprint density at radius 2 is 2.20 bits per heavy atom. The minimum atomic E-state index is 0.144. The first-order chi connectivity index (χ1) is 9.56. The highest BCUT2D eigenvalue weighted by Gasteiger charge is 2.37. The molecular formula is C16H23N3S. The van der Waals surface area contributed by atoms with E-state index < -0.39 is 0 Å². The van der Waals surface area contributed by atoms with Crippen molar-refractivity contribution in [2.45, 2.75) is 56.7 Å². The number of thioether (sulfide) groups is 1. The van der Waals surface area contributed by atoms with E-state index >= 15 is 0 Å². The summed E-state index contributed by atoms with van der Waals surface area (Å²) < 4.78 is 0. The van der Waals surface area contributed by atoms with E-state index in [0.29, 0.717) is 16.6 Å². The molecule has 3 nitrogen and oxygen atoms in total. The number of aromatic nitrogens is 2. The largest absolute Gasteiger partial charge is 0.260 e. The lowest BCUT2D eigenvalue weighted by Crippen LogP contribution is -2.34. The Morgan fingerprint density at radius 1 is 1.40 bits per heavy atom. The van der Waals surface area contributed by atoms with Gasteiger partial charge in [0.05, 0.1) is 18.2 Å². The van der Waals surface area contributed by atoms with Crippen molar-refractivity contribution in [2.24, 2.45) is 17.3 Å². The van der Waals surface area contributed by atoms with Gasteiger partial charge >= 0.3 is 0 Å². The second-order valence-electron chi connectivity index (χ2n) is 6.29. The van der Waals surface area contributed by atoms with E-state index in [1.165, 1.54) is 12.8 Å². The Balaban J connectivity index is 2.09. The molecule has 0 radical (unpaired) electrons. The normalized spacial score (nSPS) is 27.0. The molecule has 1 aromatic rings. The van der Waals surface area contributed by atoms with Crippen molar-refractivity contribution in [3.8, 4) is 6.07 Å². The molecule has 0 aromatic carbocycles. The summed E-state index contributed by atoms with van der Waals surface area (Å²) in [6.45, 7) is 6.98. The number of nitriles is 1. The topological polar surface area (TPSA) is 49.6 Å². The van der Waals surface area contributed by atoms with Crippen LogP contribution in [0.1, 0.15) is 46.5 Å². The summed E-state index contributed by atoms with van der Waals surface area (Å²) in [5.74, 6) is 0.845. The van der Waals surface area contributed by atoms with Crippen molar-refractivity contribution in [1.29, 1.82) is 5.26 Å². The molecule has 2 rings (SSSR count). The monoisotopic (exact) mass is 289 g/mol. The molecular weight excluding hydrogens is 266 g/mol. The lowest BCUT2D eigenvalue weighted by molar-refractivity contribution is 0.144. The van der Waals surface area contributed by atoms with Crippen LogP contribution in [0.3, 0.4) is 0 Å². The standard InChI is InChI=1S/C16H23N3S/c1-4-16(2,3)13-6-5-12(10-17)14(9-13)20-15-11-18-7-8-19-15/h7-8,11-14H,4-6,9H2,1-3H3. The molecule has 1 aliphatic carbocycles. The summed E-state index contributed by atoms with van der Waals surface area (Å²) in [4.78, 5) is 8.46. The van der Waals surface area contributed by atoms with Crippen molar-refractivity contribution in [3.63, 3.8) is 0 Å². The van der Waals surface area contributed by atoms with Crippen molar-refractivity contribution < 1.29 is 0 Å². The zero-order chi connectivity index (χ0) is 14.6. The second kappa shape index (κ2) is 6.58. The van der Waals surface area contributed by atoms with Gasteiger partial charge in [-0.25, -0.2) is 4.98 Å². The maximum absolute atomic E-state index is 9.39. The van der Waals surface area contributed by atoms with Crippen LogP contribution in [0.5, 0.6) is 0 Å². The van der Waals surface area contributed by atoms with E-state index in [-0.39, 0.29) is 5.92 Å². The predicted octanol–water partition coefficient (Wildman–Crippen LogP) is 4.31. The van der Waals surface area contributed by atoms with Crippen molar-refractivity contribution in [2.75, 3.05) is 0 Å². The Morgan fingerprint density at radius 3 is 2.80 bits per heavy atom. The van der Waals surface area contributed by atoms with Gasteiger partial charge in [0, 0.05) is 17.6 Å². The third-order valence-corrected chi connectivity index (χ3v) is 6.06. The van der Waals surface area contributed by atoms with Gasteiger partial charge < -0.3 is 0 Å². The Labute approximate surface area is 126 Å². The van der Waals surface area contributed by atoms with Gasteiger partial charge in [-0.05, 0) is 30.6 Å². The number of hydrogen-bond donors (Lipinski definition) is 0. The van der Waals surface area contributed by atoms with E-state index in [1.807, 2.05) is 0 Å². The molecule has 0 N–H and O–H groups in total. The van der Waals surface area contributed by atoms with Gasteiger partial charge in [-0.2, -0.15) is 5.26 Å². The fourth-order valence-electron chi connectivity index (χ4n) is 2.91. The fraction of sp³-hybridized carbons (Fsp3) is 0.688. The molecule has 1 heterocycles. The zero-order valence-electron chi connectivity index (χ0n) is 12.5. The van der Waals surface area contributed by atoms with E-state index in [9.17, 15) is 5.26 Å². The Bertz CT molecular complexity index is 466. The number of hydrogen-bond acceptors (Lipinski definition) is 4. The average Bonchev–Trinajstić information content (AvgIpc) is 2.48. The quantitative estimate of drug-likeness (QED) is 0.828. The van der Waals surface area contributed by atoms with Gasteiger partial charge in [-0.1, -0.05) is 27.2 Å². The minimum absolute atomic E-state index is 0.144. The van der Waals surface area contributed by atoms with Crippen molar-refractivity contribution in [3.05, 3.63) is 18.6 Å². The smallest absolute Gasteiger partial charge is 0.115 e. The summed E-state index contributed by atoms with van der Waals surface area (Å²) in [6.07, 6.45) is 9.71. The molecule has 1 aliphatic rings. The van der Waals surface area contributed by atoms with E-state index in [2.05, 4.69) is 36.8 Å². The molecule has 0 spiro atoms. The second-order valence-corrected chi connectivity index (χ2v) is 7.55. The van der Waals surface area contributed by atoms with Crippen molar-refractivity contribution >= 4 is 11.8 Å². The molecule has 0 aliphatic heterocycles. The van der Waals surface area contributed by atoms with Crippen LogP contribution in [-0.2, 0) is 0 Å². The molecule has 0 amide bonds. The predicted molar refractivity (Wildman–Crippen MR) is 82.2 cm³/mol. The molecule has 1 fully saturated rings. The van der Waals surface area contributed by atoms with Crippen LogP contribution in [-0.4, -0.2) is 15.2 Å². The van der Waals surface area contributed by atoms with Crippen LogP contribution in [0.15, 0.2) is 23.6 Å². The third-order valence-electron chi connectivity index (χ3n) is 4.79. The lowest BCUT2D eigenvalue weighted by Gasteiger charge is -2.41. The van der Waals surface area contributed by atoms with Gasteiger partial charge in [0.15, 0.2) is 0 Å². The molecule has 4 heteroatoms. The average molecular weight is 289 g/mol. The zero-order valence-corrected chi connectivity index (χ0v) is 13.4. The Hall–Kier alpha value is -1.08. The molecule has 1 aromatic heterocycles. The first-order valence-corrected chi connectivity index (χ1v) is 8.27. The van der Waals surface area contributed by atoms with Gasteiger partial charge in [0.1, 0.15) is 5.03 Å². The number of nitrogens with zero attached hydrogens (tertiary/aromatic N) is 3. The van der Waals surface area contributed by atoms with Gasteiger partial charge in [-0.3, -0.25) is 4.98 Å². The van der Waals surface area contributed by atoms with Gasteiger partial charge in [-0.15, -0.1) is 11.8 Å².